The Morgan fingerprint density at radius 1 is 1.22 bits per heavy atom. The normalized spacial score (nSPS) is 21.4. The van der Waals surface area contributed by atoms with Gasteiger partial charge in [0.05, 0.1) is 24.5 Å². The molecule has 2 aromatic heterocycles. The molecule has 1 aromatic carbocycles. The van der Waals surface area contributed by atoms with Crippen LogP contribution in [0.25, 0.3) is 5.69 Å². The molecule has 1 saturated heterocycles. The molecular weight excluding hydrogens is 406 g/mol. The molecular formula is C20H20BrN5O. The van der Waals surface area contributed by atoms with Crippen molar-refractivity contribution in [2.45, 2.75) is 32.0 Å². The largest absolute Gasteiger partial charge is 0.349 e. The quantitative estimate of drug-likeness (QED) is 0.643. The minimum absolute atomic E-state index is 0.651. The number of halogens is 1. The van der Waals surface area contributed by atoms with E-state index in [0.29, 0.717) is 13.2 Å². The third-order valence-electron chi connectivity index (χ3n) is 5.30. The molecule has 0 spiro atoms. The summed E-state index contributed by atoms with van der Waals surface area (Å²) in [6, 6.07) is 12.3. The summed E-state index contributed by atoms with van der Waals surface area (Å²) < 4.78 is 9.69. The van der Waals surface area contributed by atoms with E-state index in [1.807, 2.05) is 24.4 Å². The molecule has 0 aliphatic carbocycles. The van der Waals surface area contributed by atoms with E-state index in [2.05, 4.69) is 65.7 Å². The Morgan fingerprint density at radius 3 is 2.96 bits per heavy atom. The number of pyridine rings is 1. The van der Waals surface area contributed by atoms with Gasteiger partial charge >= 0.3 is 0 Å². The van der Waals surface area contributed by atoms with Gasteiger partial charge in [0.15, 0.2) is 11.5 Å². The van der Waals surface area contributed by atoms with Crippen LogP contribution in [0.1, 0.15) is 36.3 Å². The molecule has 2 aliphatic heterocycles. The van der Waals surface area contributed by atoms with Crippen LogP contribution in [0.4, 0.5) is 0 Å². The summed E-state index contributed by atoms with van der Waals surface area (Å²) in [6.07, 6.45) is 3.74. The molecule has 5 rings (SSSR count). The molecule has 6 nitrogen and oxygen atoms in total. The fourth-order valence-corrected chi connectivity index (χ4v) is 4.55. The number of rotatable bonds is 3. The highest BCUT2D eigenvalue weighted by atomic mass is 79.9. The van der Waals surface area contributed by atoms with Crippen LogP contribution in [-0.2, 0) is 23.4 Å². The van der Waals surface area contributed by atoms with Crippen LogP contribution < -0.4 is 0 Å². The summed E-state index contributed by atoms with van der Waals surface area (Å²) in [4.78, 5) is 7.01. The first kappa shape index (κ1) is 17.0. The second-order valence-electron chi connectivity index (χ2n) is 6.91. The molecule has 1 atom stereocenters. The second-order valence-corrected chi connectivity index (χ2v) is 7.82. The van der Waals surface area contributed by atoms with Crippen molar-refractivity contribution in [1.82, 2.24) is 24.6 Å². The van der Waals surface area contributed by atoms with Crippen LogP contribution in [0.3, 0.4) is 0 Å². The molecule has 0 bridgehead atoms. The van der Waals surface area contributed by atoms with Gasteiger partial charge in [0.1, 0.15) is 5.82 Å². The summed E-state index contributed by atoms with van der Waals surface area (Å²) in [7, 11) is 0. The lowest BCUT2D eigenvalue weighted by atomic mass is 9.95. The summed E-state index contributed by atoms with van der Waals surface area (Å²) in [5.74, 6) is 1.94. The summed E-state index contributed by atoms with van der Waals surface area (Å²) in [5, 5.41) is 9.00. The highest BCUT2D eigenvalue weighted by molar-refractivity contribution is 9.10. The average molecular weight is 426 g/mol. The maximum atomic E-state index is 6.47. The van der Waals surface area contributed by atoms with Gasteiger partial charge < -0.3 is 4.74 Å². The van der Waals surface area contributed by atoms with Gasteiger partial charge in [-0.15, -0.1) is 10.2 Å². The molecule has 27 heavy (non-hydrogen) atoms. The molecule has 138 valence electrons. The lowest BCUT2D eigenvalue weighted by Gasteiger charge is -2.36. The van der Waals surface area contributed by atoms with Gasteiger partial charge in [0.2, 0.25) is 0 Å². The zero-order valence-electron chi connectivity index (χ0n) is 15.1. The number of aromatic nitrogens is 4. The lowest BCUT2D eigenvalue weighted by molar-refractivity contribution is -0.0586. The van der Waals surface area contributed by atoms with Gasteiger partial charge in [-0.3, -0.25) is 14.5 Å². The minimum Gasteiger partial charge on any atom is -0.349 e. The number of aryl methyl sites for hydroxylation is 1. The Balaban J connectivity index is 1.83. The molecule has 1 unspecified atom stereocenters. The monoisotopic (exact) mass is 425 g/mol. The van der Waals surface area contributed by atoms with Gasteiger partial charge in [0.25, 0.3) is 0 Å². The average Bonchev–Trinajstić information content (AvgIpc) is 3.26. The van der Waals surface area contributed by atoms with E-state index in [1.165, 1.54) is 0 Å². The SMILES string of the molecule is CCCc1nnc2n1-c1ccc(Br)cc1C1(c3ccccn3)OCCN1C2. The second kappa shape index (κ2) is 6.51. The number of hydrogen-bond acceptors (Lipinski definition) is 5. The van der Waals surface area contributed by atoms with E-state index in [4.69, 9.17) is 4.74 Å². The first-order valence-corrected chi connectivity index (χ1v) is 10.1. The van der Waals surface area contributed by atoms with Gasteiger partial charge in [-0.2, -0.15) is 0 Å². The Kier molecular flexibility index (Phi) is 4.11. The molecule has 0 amide bonds. The minimum atomic E-state index is -0.718. The fourth-order valence-electron chi connectivity index (χ4n) is 4.19. The summed E-state index contributed by atoms with van der Waals surface area (Å²) in [5.41, 5.74) is 2.32. The van der Waals surface area contributed by atoms with E-state index in [-0.39, 0.29) is 0 Å². The highest BCUT2D eigenvalue weighted by Crippen LogP contribution is 2.46. The van der Waals surface area contributed by atoms with Crippen LogP contribution in [0.2, 0.25) is 0 Å². The standard InChI is InChI=1S/C20H20BrN5O/c1-2-5-18-23-24-19-13-25-10-11-27-20(25,17-6-3-4-9-22-17)15-12-14(21)7-8-16(15)26(18)19/h3-4,6-9,12H,2,5,10-11,13H2,1H3. The number of benzene rings is 1. The summed E-state index contributed by atoms with van der Waals surface area (Å²) >= 11 is 3.65. The molecule has 7 heteroatoms. The third-order valence-corrected chi connectivity index (χ3v) is 5.79. The van der Waals surface area contributed by atoms with Crippen molar-refractivity contribution in [2.24, 2.45) is 0 Å². The Labute approximate surface area is 166 Å². The van der Waals surface area contributed by atoms with Crippen LogP contribution in [0.15, 0.2) is 47.1 Å². The van der Waals surface area contributed by atoms with Crippen molar-refractivity contribution < 1.29 is 4.74 Å². The smallest absolute Gasteiger partial charge is 0.193 e. The van der Waals surface area contributed by atoms with E-state index in [1.54, 1.807) is 0 Å². The van der Waals surface area contributed by atoms with Crippen molar-refractivity contribution in [3.8, 4) is 5.69 Å². The van der Waals surface area contributed by atoms with E-state index >= 15 is 0 Å². The van der Waals surface area contributed by atoms with Gasteiger partial charge in [0, 0.05) is 29.2 Å². The van der Waals surface area contributed by atoms with Gasteiger partial charge in [-0.05, 0) is 36.8 Å². The first-order valence-electron chi connectivity index (χ1n) is 9.28. The molecule has 0 N–H and O–H groups in total. The van der Waals surface area contributed by atoms with E-state index in [9.17, 15) is 0 Å². The van der Waals surface area contributed by atoms with E-state index in [0.717, 1.165) is 52.5 Å². The predicted octanol–water partition coefficient (Wildman–Crippen LogP) is 3.42. The van der Waals surface area contributed by atoms with Crippen LogP contribution >= 0.6 is 15.9 Å². The molecule has 4 heterocycles. The molecule has 0 radical (unpaired) electrons. The predicted molar refractivity (Wildman–Crippen MR) is 104 cm³/mol. The van der Waals surface area contributed by atoms with Gasteiger partial charge in [-0.1, -0.05) is 28.9 Å². The van der Waals surface area contributed by atoms with Crippen molar-refractivity contribution >= 4 is 15.9 Å². The number of ether oxygens (including phenoxy) is 1. The van der Waals surface area contributed by atoms with E-state index < -0.39 is 5.72 Å². The highest BCUT2D eigenvalue weighted by Gasteiger charge is 2.50. The topological polar surface area (TPSA) is 56.1 Å². The Hall–Kier alpha value is -2.09. The number of hydrogen-bond donors (Lipinski definition) is 0. The molecule has 2 aliphatic rings. The Morgan fingerprint density at radius 2 is 2.15 bits per heavy atom. The number of fused-ring (bicyclic) bond motifs is 5. The van der Waals surface area contributed by atoms with Crippen LogP contribution in [0.5, 0.6) is 0 Å². The van der Waals surface area contributed by atoms with Crippen LogP contribution in [-0.4, -0.2) is 37.8 Å². The van der Waals surface area contributed by atoms with Crippen molar-refractivity contribution in [3.63, 3.8) is 0 Å². The van der Waals surface area contributed by atoms with Crippen LogP contribution in [0, 0.1) is 0 Å². The van der Waals surface area contributed by atoms with Crippen molar-refractivity contribution in [2.75, 3.05) is 13.2 Å². The zero-order valence-corrected chi connectivity index (χ0v) is 16.7. The molecule has 1 fully saturated rings. The molecule has 3 aromatic rings. The lowest BCUT2D eigenvalue weighted by Crippen LogP contribution is -2.43. The number of nitrogens with zero attached hydrogens (tertiary/aromatic N) is 5. The van der Waals surface area contributed by atoms with Gasteiger partial charge in [-0.25, -0.2) is 0 Å². The first-order chi connectivity index (χ1) is 13.2. The molecule has 0 saturated carbocycles. The fraction of sp³-hybridized carbons (Fsp3) is 0.350. The van der Waals surface area contributed by atoms with Crippen molar-refractivity contribution in [1.29, 1.82) is 0 Å². The Bertz CT molecular complexity index is 989. The van der Waals surface area contributed by atoms with Crippen molar-refractivity contribution in [3.05, 3.63) is 70.0 Å². The zero-order chi connectivity index (χ0) is 18.4. The maximum Gasteiger partial charge on any atom is 0.193 e. The maximum absolute atomic E-state index is 6.47. The third kappa shape index (κ3) is 2.49. The summed E-state index contributed by atoms with van der Waals surface area (Å²) in [6.45, 7) is 4.30.